The van der Waals surface area contributed by atoms with Crippen LogP contribution in [0.5, 0.6) is 0 Å². The molecule has 1 saturated heterocycles. The molecule has 0 spiro atoms. The van der Waals surface area contributed by atoms with Crippen molar-refractivity contribution >= 4 is 38.2 Å². The monoisotopic (exact) mass is 480 g/mol. The third-order valence-corrected chi connectivity index (χ3v) is 8.16. The van der Waals surface area contributed by atoms with Gasteiger partial charge < -0.3 is 14.8 Å². The van der Waals surface area contributed by atoms with Crippen molar-refractivity contribution in [3.63, 3.8) is 0 Å². The van der Waals surface area contributed by atoms with Crippen LogP contribution in [0.25, 0.3) is 0 Å². The minimum Gasteiger partial charge on any atom is -0.462 e. The number of rotatable bonds is 6. The maximum Gasteiger partial charge on any atom is 0.341 e. The molecule has 32 heavy (non-hydrogen) atoms. The Morgan fingerprint density at radius 2 is 1.88 bits per heavy atom. The molecule has 0 unspecified atom stereocenters. The number of amides is 1. The highest BCUT2D eigenvalue weighted by Crippen LogP contribution is 2.33. The number of nitrogens with one attached hydrogen (secondary N) is 1. The Kier molecular flexibility index (Phi) is 7.39. The number of hydrogen-bond donors (Lipinski definition) is 1. The van der Waals surface area contributed by atoms with Gasteiger partial charge in [0.05, 0.1) is 29.3 Å². The normalized spacial score (nSPS) is 19.5. The second kappa shape index (κ2) is 9.70. The molecule has 2 heterocycles. The van der Waals surface area contributed by atoms with Gasteiger partial charge in [-0.15, -0.1) is 11.3 Å². The summed E-state index contributed by atoms with van der Waals surface area (Å²) in [5, 5.41) is 3.13. The second-order valence-electron chi connectivity index (χ2n) is 7.77. The van der Waals surface area contributed by atoms with E-state index in [2.05, 4.69) is 5.32 Å². The molecule has 1 aliphatic heterocycles. The number of carbonyl (C=O) groups excluding carboxylic acids is 2. The van der Waals surface area contributed by atoms with E-state index in [0.29, 0.717) is 10.6 Å². The molecular formula is C22H28N2O6S2. The average molecular weight is 481 g/mol. The summed E-state index contributed by atoms with van der Waals surface area (Å²) in [6, 6.07) is 5.90. The van der Waals surface area contributed by atoms with E-state index in [-0.39, 0.29) is 42.4 Å². The van der Waals surface area contributed by atoms with Gasteiger partial charge in [0.2, 0.25) is 10.0 Å². The molecule has 2 atom stereocenters. The fourth-order valence-corrected chi connectivity index (χ4v) is 6.29. The molecule has 10 heteroatoms. The molecule has 0 bridgehead atoms. The zero-order valence-corrected chi connectivity index (χ0v) is 20.4. The quantitative estimate of drug-likeness (QED) is 0.634. The fraction of sp³-hybridized carbons (Fsp3) is 0.455. The lowest BCUT2D eigenvalue weighted by Crippen LogP contribution is -2.48. The molecule has 2 aromatic rings. The van der Waals surface area contributed by atoms with E-state index in [1.54, 1.807) is 13.8 Å². The predicted octanol–water partition coefficient (Wildman–Crippen LogP) is 3.59. The molecule has 1 aromatic heterocycles. The summed E-state index contributed by atoms with van der Waals surface area (Å²) in [7, 11) is -3.79. The summed E-state index contributed by atoms with van der Waals surface area (Å²) in [6.07, 6.45) is -0.432. The number of hydrogen-bond acceptors (Lipinski definition) is 7. The topological polar surface area (TPSA) is 102 Å². The number of anilines is 1. The van der Waals surface area contributed by atoms with Crippen molar-refractivity contribution in [3.05, 3.63) is 45.8 Å². The van der Waals surface area contributed by atoms with E-state index in [1.807, 2.05) is 20.8 Å². The number of ether oxygens (including phenoxy) is 2. The van der Waals surface area contributed by atoms with E-state index >= 15 is 0 Å². The van der Waals surface area contributed by atoms with Crippen LogP contribution in [0.2, 0.25) is 0 Å². The Bertz CT molecular complexity index is 1120. The largest absolute Gasteiger partial charge is 0.462 e. The Balaban J connectivity index is 1.87. The number of sulfonamides is 1. The number of nitrogens with zero attached hydrogens (tertiary/aromatic N) is 1. The van der Waals surface area contributed by atoms with Crippen molar-refractivity contribution in [1.29, 1.82) is 0 Å². The van der Waals surface area contributed by atoms with Gasteiger partial charge in [-0.2, -0.15) is 4.31 Å². The highest BCUT2D eigenvalue weighted by Gasteiger charge is 2.32. The molecule has 1 fully saturated rings. The Morgan fingerprint density at radius 3 is 2.50 bits per heavy atom. The summed E-state index contributed by atoms with van der Waals surface area (Å²) in [4.78, 5) is 26.2. The van der Waals surface area contributed by atoms with Gasteiger partial charge in [-0.05, 0) is 58.4 Å². The summed E-state index contributed by atoms with van der Waals surface area (Å²) in [6.45, 7) is 9.74. The molecule has 1 aromatic carbocycles. The molecule has 174 valence electrons. The van der Waals surface area contributed by atoms with Crippen molar-refractivity contribution in [2.45, 2.75) is 51.7 Å². The highest BCUT2D eigenvalue weighted by molar-refractivity contribution is 7.89. The van der Waals surface area contributed by atoms with E-state index in [9.17, 15) is 18.0 Å². The summed E-state index contributed by atoms with van der Waals surface area (Å²) >= 11 is 1.28. The van der Waals surface area contributed by atoms with Gasteiger partial charge in [-0.1, -0.05) is 6.07 Å². The number of morpholine rings is 1. The highest BCUT2D eigenvalue weighted by atomic mass is 32.2. The number of aryl methyl sites for hydroxylation is 1. The number of thiophene rings is 1. The minimum absolute atomic E-state index is 0.0376. The summed E-state index contributed by atoms with van der Waals surface area (Å²) in [5.74, 6) is -1.01. The van der Waals surface area contributed by atoms with Gasteiger partial charge >= 0.3 is 5.97 Å². The standard InChI is InChI=1S/C22H28N2O6S2/c1-6-29-22(26)19-15(4)16(5)31-21(19)23-20(25)17-8-7-9-18(10-17)32(27,28)24-11-13(2)30-14(3)12-24/h7-10,13-14H,6,11-12H2,1-5H3,(H,23,25)/t13-,14-/m1/s1. The van der Waals surface area contributed by atoms with Crippen LogP contribution >= 0.6 is 11.3 Å². The van der Waals surface area contributed by atoms with Crippen LogP contribution in [0.1, 0.15) is 51.9 Å². The summed E-state index contributed by atoms with van der Waals surface area (Å²) < 4.78 is 38.4. The van der Waals surface area contributed by atoms with Crippen LogP contribution in [0.15, 0.2) is 29.2 Å². The third-order valence-electron chi connectivity index (χ3n) is 5.21. The summed E-state index contributed by atoms with van der Waals surface area (Å²) in [5.41, 5.74) is 1.25. The van der Waals surface area contributed by atoms with E-state index < -0.39 is 21.9 Å². The molecule has 0 saturated carbocycles. The Morgan fingerprint density at radius 1 is 1.22 bits per heavy atom. The first kappa shape index (κ1) is 24.4. The zero-order chi connectivity index (χ0) is 23.6. The van der Waals surface area contributed by atoms with Crippen molar-refractivity contribution in [2.24, 2.45) is 0 Å². The van der Waals surface area contributed by atoms with Crippen molar-refractivity contribution in [1.82, 2.24) is 4.31 Å². The average Bonchev–Trinajstić information content (AvgIpc) is 3.00. The van der Waals surface area contributed by atoms with Gasteiger partial charge in [-0.25, -0.2) is 13.2 Å². The maximum atomic E-state index is 13.2. The third kappa shape index (κ3) is 5.03. The number of carbonyl (C=O) groups is 2. The SMILES string of the molecule is CCOC(=O)c1c(NC(=O)c2cccc(S(=O)(=O)N3C[C@@H](C)O[C@H](C)C3)c2)sc(C)c1C. The smallest absolute Gasteiger partial charge is 0.341 e. The van der Waals surface area contributed by atoms with Crippen LogP contribution in [0.3, 0.4) is 0 Å². The number of benzene rings is 1. The lowest BCUT2D eigenvalue weighted by Gasteiger charge is -2.34. The predicted molar refractivity (Wildman–Crippen MR) is 123 cm³/mol. The Hall–Kier alpha value is -2.27. The van der Waals surface area contributed by atoms with Crippen LogP contribution in [-0.4, -0.2) is 56.5 Å². The van der Waals surface area contributed by atoms with Crippen molar-refractivity contribution in [2.75, 3.05) is 25.0 Å². The molecular weight excluding hydrogens is 452 g/mol. The van der Waals surface area contributed by atoms with Gasteiger partial charge in [0.15, 0.2) is 0 Å². The molecule has 1 aliphatic rings. The second-order valence-corrected chi connectivity index (χ2v) is 10.9. The van der Waals surface area contributed by atoms with Crippen LogP contribution in [0, 0.1) is 13.8 Å². The number of esters is 1. The van der Waals surface area contributed by atoms with Crippen molar-refractivity contribution < 1.29 is 27.5 Å². The van der Waals surface area contributed by atoms with Gasteiger partial charge in [0.25, 0.3) is 5.91 Å². The van der Waals surface area contributed by atoms with Gasteiger partial charge in [-0.3, -0.25) is 4.79 Å². The maximum absolute atomic E-state index is 13.2. The first-order chi connectivity index (χ1) is 15.0. The minimum atomic E-state index is -3.79. The lowest BCUT2D eigenvalue weighted by atomic mass is 10.1. The first-order valence-corrected chi connectivity index (χ1v) is 12.6. The van der Waals surface area contributed by atoms with E-state index in [4.69, 9.17) is 9.47 Å². The molecule has 0 radical (unpaired) electrons. The molecule has 3 rings (SSSR count). The van der Waals surface area contributed by atoms with Gasteiger partial charge in [0, 0.05) is 23.5 Å². The Labute approximate surface area is 192 Å². The van der Waals surface area contributed by atoms with Gasteiger partial charge in [0.1, 0.15) is 5.00 Å². The fourth-order valence-electron chi connectivity index (χ4n) is 3.61. The lowest BCUT2D eigenvalue weighted by molar-refractivity contribution is -0.0440. The molecule has 8 nitrogen and oxygen atoms in total. The van der Waals surface area contributed by atoms with Crippen LogP contribution in [-0.2, 0) is 19.5 Å². The zero-order valence-electron chi connectivity index (χ0n) is 18.8. The van der Waals surface area contributed by atoms with E-state index in [0.717, 1.165) is 10.4 Å². The van der Waals surface area contributed by atoms with E-state index in [1.165, 1.54) is 39.9 Å². The van der Waals surface area contributed by atoms with Crippen LogP contribution in [0.4, 0.5) is 5.00 Å². The van der Waals surface area contributed by atoms with Crippen molar-refractivity contribution in [3.8, 4) is 0 Å². The van der Waals surface area contributed by atoms with Crippen LogP contribution < -0.4 is 5.32 Å². The molecule has 1 amide bonds. The first-order valence-electron chi connectivity index (χ1n) is 10.4. The molecule has 0 aliphatic carbocycles. The molecule has 1 N–H and O–H groups in total.